The number of carboxylic acids is 1. The van der Waals surface area contributed by atoms with Gasteiger partial charge in [-0.15, -0.1) is 0 Å². The fourth-order valence-electron chi connectivity index (χ4n) is 1.85. The third-order valence-electron chi connectivity index (χ3n) is 3.33. The first kappa shape index (κ1) is 21.7. The molecular weight excluding hydrogens is 344 g/mol. The number of aliphatic carboxylic acids is 1. The number of carbonyl (C=O) groups excluding carboxylic acids is 1. The van der Waals surface area contributed by atoms with E-state index in [2.05, 4.69) is 6.58 Å². The van der Waals surface area contributed by atoms with E-state index in [0.29, 0.717) is 18.6 Å². The zero-order chi connectivity index (χ0) is 19.9. The van der Waals surface area contributed by atoms with Crippen LogP contribution in [0, 0.1) is 0 Å². The highest BCUT2D eigenvalue weighted by Gasteiger charge is 1.98. The van der Waals surface area contributed by atoms with Gasteiger partial charge in [-0.2, -0.15) is 0 Å². The van der Waals surface area contributed by atoms with E-state index in [4.69, 9.17) is 14.6 Å². The number of carbonyl (C=O) groups is 2. The van der Waals surface area contributed by atoms with Gasteiger partial charge in [0.1, 0.15) is 19.0 Å². The highest BCUT2D eigenvalue weighted by molar-refractivity contribution is 5.85. The zero-order valence-electron chi connectivity index (χ0n) is 15.3. The predicted molar refractivity (Wildman–Crippen MR) is 105 cm³/mol. The minimum absolute atomic E-state index is 0.236. The Hall–Kier alpha value is -3.34. The van der Waals surface area contributed by atoms with E-state index in [-0.39, 0.29) is 6.61 Å². The Balaban J connectivity index is 0.000000271. The second-order valence-electron chi connectivity index (χ2n) is 5.42. The van der Waals surface area contributed by atoms with Gasteiger partial charge in [-0.25, -0.2) is 9.59 Å². The summed E-state index contributed by atoms with van der Waals surface area (Å²) < 4.78 is 10.0. The molecule has 0 aliphatic rings. The summed E-state index contributed by atoms with van der Waals surface area (Å²) >= 11 is 0. The van der Waals surface area contributed by atoms with E-state index in [9.17, 15) is 9.59 Å². The van der Waals surface area contributed by atoms with Crippen molar-refractivity contribution in [2.45, 2.75) is 13.3 Å². The average Bonchev–Trinajstić information content (AvgIpc) is 2.71. The lowest BCUT2D eigenvalue weighted by molar-refractivity contribution is -0.138. The van der Waals surface area contributed by atoms with Crippen molar-refractivity contribution in [3.05, 3.63) is 90.5 Å². The minimum atomic E-state index is -0.851. The summed E-state index contributed by atoms with van der Waals surface area (Å²) in [7, 11) is 0. The first-order chi connectivity index (χ1) is 13.0. The Morgan fingerprint density at radius 2 is 1.59 bits per heavy atom. The Bertz CT molecular complexity index is 736. The standard InChI is InChI=1S/C11H12O3.C11H12O2/c1-2-11(12)14-9-8-13-10-6-4-3-5-7-10;1-9(11(12)13)7-8-10-5-3-2-4-6-10/h2-7H,1,8-9H2;2-7H,8H2,1H3,(H,12,13). The third-order valence-corrected chi connectivity index (χ3v) is 3.33. The SMILES string of the molecule is C=CC(=O)OCCOc1ccccc1.CC(=CCc1ccccc1)C(=O)O. The molecule has 0 heterocycles. The molecule has 0 unspecified atom stereocenters. The van der Waals surface area contributed by atoms with E-state index in [1.807, 2.05) is 60.7 Å². The first-order valence-electron chi connectivity index (χ1n) is 8.44. The maximum Gasteiger partial charge on any atom is 0.330 e. The number of allylic oxidation sites excluding steroid dienone is 1. The highest BCUT2D eigenvalue weighted by atomic mass is 16.6. The van der Waals surface area contributed by atoms with Gasteiger partial charge >= 0.3 is 11.9 Å². The molecule has 0 spiro atoms. The second kappa shape index (κ2) is 12.9. The van der Waals surface area contributed by atoms with Crippen LogP contribution in [0.3, 0.4) is 0 Å². The van der Waals surface area contributed by atoms with Crippen molar-refractivity contribution in [2.75, 3.05) is 13.2 Å². The normalized spacial score (nSPS) is 10.2. The van der Waals surface area contributed by atoms with Crippen LogP contribution in [-0.2, 0) is 20.7 Å². The molecule has 0 saturated carbocycles. The van der Waals surface area contributed by atoms with Crippen molar-refractivity contribution in [3.63, 3.8) is 0 Å². The number of carboxylic acid groups (broad SMARTS) is 1. The highest BCUT2D eigenvalue weighted by Crippen LogP contribution is 2.07. The maximum atomic E-state index is 10.6. The van der Waals surface area contributed by atoms with Crippen LogP contribution in [0.5, 0.6) is 5.75 Å². The Morgan fingerprint density at radius 3 is 2.15 bits per heavy atom. The maximum absolute atomic E-state index is 10.6. The van der Waals surface area contributed by atoms with Crippen LogP contribution in [0.4, 0.5) is 0 Å². The largest absolute Gasteiger partial charge is 0.490 e. The van der Waals surface area contributed by atoms with Gasteiger partial charge in [-0.05, 0) is 31.0 Å². The van der Waals surface area contributed by atoms with E-state index < -0.39 is 11.9 Å². The Labute approximate surface area is 159 Å². The molecule has 27 heavy (non-hydrogen) atoms. The molecular formula is C22H24O5. The Kier molecular flexibility index (Phi) is 10.4. The van der Waals surface area contributed by atoms with Gasteiger partial charge in [-0.1, -0.05) is 61.2 Å². The smallest absolute Gasteiger partial charge is 0.330 e. The van der Waals surface area contributed by atoms with E-state index in [0.717, 1.165) is 17.4 Å². The molecule has 0 fully saturated rings. The van der Waals surface area contributed by atoms with Crippen molar-refractivity contribution in [2.24, 2.45) is 0 Å². The number of hydrogen-bond donors (Lipinski definition) is 1. The number of para-hydroxylation sites is 1. The van der Waals surface area contributed by atoms with Gasteiger partial charge in [0.25, 0.3) is 0 Å². The monoisotopic (exact) mass is 368 g/mol. The molecule has 0 aliphatic heterocycles. The quantitative estimate of drug-likeness (QED) is 0.432. The molecule has 0 aliphatic carbocycles. The summed E-state index contributed by atoms with van der Waals surface area (Å²) in [4.78, 5) is 21.1. The van der Waals surface area contributed by atoms with E-state index in [1.165, 1.54) is 0 Å². The molecule has 0 amide bonds. The second-order valence-corrected chi connectivity index (χ2v) is 5.42. The zero-order valence-corrected chi connectivity index (χ0v) is 15.3. The van der Waals surface area contributed by atoms with Crippen LogP contribution in [0.25, 0.3) is 0 Å². The third kappa shape index (κ3) is 10.3. The van der Waals surface area contributed by atoms with Gasteiger partial charge in [0, 0.05) is 11.6 Å². The molecule has 0 bridgehead atoms. The van der Waals surface area contributed by atoms with Crippen LogP contribution in [-0.4, -0.2) is 30.3 Å². The van der Waals surface area contributed by atoms with Crippen LogP contribution in [0.15, 0.2) is 85.0 Å². The summed E-state index contributed by atoms with van der Waals surface area (Å²) in [5, 5.41) is 8.59. The van der Waals surface area contributed by atoms with Crippen LogP contribution in [0.2, 0.25) is 0 Å². The molecule has 2 aromatic carbocycles. The molecule has 142 valence electrons. The van der Waals surface area contributed by atoms with Crippen LogP contribution >= 0.6 is 0 Å². The van der Waals surface area contributed by atoms with Gasteiger partial charge in [-0.3, -0.25) is 0 Å². The molecule has 5 nitrogen and oxygen atoms in total. The van der Waals surface area contributed by atoms with Gasteiger partial charge in [0.05, 0.1) is 0 Å². The topological polar surface area (TPSA) is 72.8 Å². The van der Waals surface area contributed by atoms with Crippen LogP contribution < -0.4 is 4.74 Å². The average molecular weight is 368 g/mol. The number of hydrogen-bond acceptors (Lipinski definition) is 4. The molecule has 0 radical (unpaired) electrons. The summed E-state index contributed by atoms with van der Waals surface area (Å²) in [5.74, 6) is -0.514. The van der Waals surface area contributed by atoms with Gasteiger partial charge in [0.15, 0.2) is 0 Å². The summed E-state index contributed by atoms with van der Waals surface area (Å²) in [5.41, 5.74) is 1.52. The van der Waals surface area contributed by atoms with Crippen molar-refractivity contribution < 1.29 is 24.2 Å². The number of esters is 1. The fraction of sp³-hybridized carbons (Fsp3) is 0.182. The van der Waals surface area contributed by atoms with Crippen molar-refractivity contribution in [3.8, 4) is 5.75 Å². The molecule has 0 aromatic heterocycles. The summed E-state index contributed by atoms with van der Waals surface area (Å²) in [6.45, 7) is 5.47. The summed E-state index contributed by atoms with van der Waals surface area (Å²) in [6.07, 6.45) is 3.53. The lowest BCUT2D eigenvalue weighted by atomic mass is 10.1. The first-order valence-corrected chi connectivity index (χ1v) is 8.44. The van der Waals surface area contributed by atoms with Crippen molar-refractivity contribution >= 4 is 11.9 Å². The predicted octanol–water partition coefficient (Wildman–Crippen LogP) is 4.05. The number of rotatable bonds is 8. The molecule has 0 saturated heterocycles. The fourth-order valence-corrected chi connectivity index (χ4v) is 1.85. The van der Waals surface area contributed by atoms with Gasteiger partial charge in [0.2, 0.25) is 0 Å². The molecule has 2 rings (SSSR count). The lowest BCUT2D eigenvalue weighted by Gasteiger charge is -2.05. The van der Waals surface area contributed by atoms with E-state index >= 15 is 0 Å². The molecule has 1 N–H and O–H groups in total. The lowest BCUT2D eigenvalue weighted by Crippen LogP contribution is -2.09. The van der Waals surface area contributed by atoms with Crippen molar-refractivity contribution in [1.29, 1.82) is 0 Å². The van der Waals surface area contributed by atoms with Crippen molar-refractivity contribution in [1.82, 2.24) is 0 Å². The Morgan fingerprint density at radius 1 is 1.00 bits per heavy atom. The number of ether oxygens (including phenoxy) is 2. The minimum Gasteiger partial charge on any atom is -0.490 e. The molecule has 0 atom stereocenters. The number of benzene rings is 2. The van der Waals surface area contributed by atoms with E-state index in [1.54, 1.807) is 13.0 Å². The van der Waals surface area contributed by atoms with Crippen LogP contribution in [0.1, 0.15) is 12.5 Å². The molecule has 5 heteroatoms. The van der Waals surface area contributed by atoms with Gasteiger partial charge < -0.3 is 14.6 Å². The molecule has 2 aromatic rings. The summed E-state index contributed by atoms with van der Waals surface area (Å²) in [6, 6.07) is 19.1.